The van der Waals surface area contributed by atoms with Gasteiger partial charge in [-0.1, -0.05) is 6.92 Å². The first kappa shape index (κ1) is 15.4. The van der Waals surface area contributed by atoms with Crippen molar-refractivity contribution in [2.24, 2.45) is 0 Å². The van der Waals surface area contributed by atoms with Gasteiger partial charge in [0.25, 0.3) is 0 Å². The molecule has 3 rings (SSSR count). The molecule has 0 unspecified atom stereocenters. The van der Waals surface area contributed by atoms with Gasteiger partial charge in [0.15, 0.2) is 0 Å². The lowest BCUT2D eigenvalue weighted by Crippen LogP contribution is -2.33. The number of thioether (sulfide) groups is 1. The molecule has 1 aromatic carbocycles. The second-order valence-corrected chi connectivity index (χ2v) is 7.08. The Morgan fingerprint density at radius 3 is 3.09 bits per heavy atom. The Kier molecular flexibility index (Phi) is 4.69. The van der Waals surface area contributed by atoms with Crippen molar-refractivity contribution < 1.29 is 4.79 Å². The molecular weight excluding hydrogens is 362 g/mol. The van der Waals surface area contributed by atoms with Crippen LogP contribution in [0.25, 0.3) is 0 Å². The van der Waals surface area contributed by atoms with E-state index in [-0.39, 0.29) is 6.03 Å². The third kappa shape index (κ3) is 3.13. The van der Waals surface area contributed by atoms with Gasteiger partial charge in [-0.25, -0.2) is 4.79 Å². The van der Waals surface area contributed by atoms with Gasteiger partial charge >= 0.3 is 6.03 Å². The highest BCUT2D eigenvalue weighted by molar-refractivity contribution is 9.10. The normalized spacial score (nSPS) is 13.1. The standard InChI is InChI=1S/C16H16BrN3OS/c1-2-22-15-8-11-5-7-20(14(11)9-13(15)17)16(21)19-12-4-3-6-18-10-12/h3-4,6,8-10H,2,5,7H2,1H3,(H,19,21). The van der Waals surface area contributed by atoms with Crippen molar-refractivity contribution in [3.8, 4) is 0 Å². The molecule has 4 nitrogen and oxygen atoms in total. The molecule has 0 atom stereocenters. The molecule has 0 radical (unpaired) electrons. The van der Waals surface area contributed by atoms with E-state index in [4.69, 9.17) is 0 Å². The van der Waals surface area contributed by atoms with Crippen LogP contribution in [0.1, 0.15) is 12.5 Å². The van der Waals surface area contributed by atoms with Crippen molar-refractivity contribution >= 4 is 45.1 Å². The lowest BCUT2D eigenvalue weighted by molar-refractivity contribution is 0.257. The molecule has 0 bridgehead atoms. The molecule has 0 aliphatic carbocycles. The van der Waals surface area contributed by atoms with Crippen LogP contribution in [-0.2, 0) is 6.42 Å². The molecule has 1 aliphatic heterocycles. The first-order valence-corrected chi connectivity index (χ1v) is 8.90. The summed E-state index contributed by atoms with van der Waals surface area (Å²) in [5.74, 6) is 1.03. The van der Waals surface area contributed by atoms with Crippen molar-refractivity contribution in [1.29, 1.82) is 0 Å². The van der Waals surface area contributed by atoms with Crippen LogP contribution in [0.15, 0.2) is 46.0 Å². The van der Waals surface area contributed by atoms with E-state index in [9.17, 15) is 4.79 Å². The van der Waals surface area contributed by atoms with Crippen LogP contribution in [0.5, 0.6) is 0 Å². The summed E-state index contributed by atoms with van der Waals surface area (Å²) in [6.45, 7) is 2.84. The lowest BCUT2D eigenvalue weighted by atomic mass is 10.2. The van der Waals surface area contributed by atoms with E-state index in [2.05, 4.69) is 39.2 Å². The summed E-state index contributed by atoms with van der Waals surface area (Å²) in [5, 5.41) is 2.89. The van der Waals surface area contributed by atoms with E-state index in [1.54, 1.807) is 35.1 Å². The molecule has 0 fully saturated rings. The molecule has 2 heterocycles. The molecule has 0 saturated carbocycles. The van der Waals surface area contributed by atoms with Gasteiger partial charge < -0.3 is 5.32 Å². The molecule has 2 aromatic rings. The number of hydrogen-bond donors (Lipinski definition) is 1. The number of pyridine rings is 1. The molecule has 6 heteroatoms. The van der Waals surface area contributed by atoms with Crippen LogP contribution in [0.3, 0.4) is 0 Å². The van der Waals surface area contributed by atoms with E-state index in [1.165, 1.54) is 10.5 Å². The number of anilines is 2. The van der Waals surface area contributed by atoms with Crippen LogP contribution in [-0.4, -0.2) is 23.3 Å². The van der Waals surface area contributed by atoms with Crippen molar-refractivity contribution in [2.45, 2.75) is 18.2 Å². The molecule has 2 amide bonds. The smallest absolute Gasteiger partial charge is 0.306 e. The second-order valence-electron chi connectivity index (χ2n) is 4.92. The zero-order valence-corrected chi connectivity index (χ0v) is 14.6. The predicted molar refractivity (Wildman–Crippen MR) is 94.8 cm³/mol. The number of nitrogens with zero attached hydrogens (tertiary/aromatic N) is 2. The molecule has 0 saturated heterocycles. The number of carbonyl (C=O) groups excluding carboxylic acids is 1. The van der Waals surface area contributed by atoms with Gasteiger partial charge in [0, 0.05) is 27.8 Å². The molecule has 22 heavy (non-hydrogen) atoms. The average Bonchev–Trinajstić information content (AvgIpc) is 2.91. The maximum atomic E-state index is 12.5. The van der Waals surface area contributed by atoms with Gasteiger partial charge in [-0.15, -0.1) is 11.8 Å². The van der Waals surface area contributed by atoms with Crippen molar-refractivity contribution in [3.05, 3.63) is 46.7 Å². The Bertz CT molecular complexity index is 693. The van der Waals surface area contributed by atoms with Gasteiger partial charge in [0.2, 0.25) is 0 Å². The van der Waals surface area contributed by atoms with Gasteiger partial charge in [-0.3, -0.25) is 9.88 Å². The van der Waals surface area contributed by atoms with Crippen LogP contribution in [0.2, 0.25) is 0 Å². The van der Waals surface area contributed by atoms with E-state index in [1.807, 2.05) is 12.1 Å². The maximum absolute atomic E-state index is 12.5. The minimum Gasteiger partial charge on any atom is -0.306 e. The largest absolute Gasteiger partial charge is 0.326 e. The molecule has 1 N–H and O–H groups in total. The molecule has 1 aromatic heterocycles. The third-order valence-electron chi connectivity index (χ3n) is 3.49. The summed E-state index contributed by atoms with van der Waals surface area (Å²) in [7, 11) is 0. The Labute approximate surface area is 142 Å². The fourth-order valence-corrected chi connectivity index (χ4v) is 3.90. The second kappa shape index (κ2) is 6.71. The topological polar surface area (TPSA) is 45.2 Å². The molecular formula is C16H16BrN3OS. The summed E-state index contributed by atoms with van der Waals surface area (Å²) >= 11 is 5.41. The monoisotopic (exact) mass is 377 g/mol. The Balaban J connectivity index is 1.82. The zero-order chi connectivity index (χ0) is 15.5. The maximum Gasteiger partial charge on any atom is 0.326 e. The van der Waals surface area contributed by atoms with Gasteiger partial charge in [-0.05, 0) is 57.9 Å². The Hall–Kier alpha value is -1.53. The number of hydrogen-bond acceptors (Lipinski definition) is 3. The van der Waals surface area contributed by atoms with E-state index >= 15 is 0 Å². The highest BCUT2D eigenvalue weighted by atomic mass is 79.9. The first-order chi connectivity index (χ1) is 10.7. The van der Waals surface area contributed by atoms with Crippen molar-refractivity contribution in [2.75, 3.05) is 22.5 Å². The summed E-state index contributed by atoms with van der Waals surface area (Å²) in [6.07, 6.45) is 4.22. The van der Waals surface area contributed by atoms with Crippen LogP contribution in [0, 0.1) is 0 Å². The molecule has 1 aliphatic rings. The van der Waals surface area contributed by atoms with Crippen LogP contribution < -0.4 is 10.2 Å². The van der Waals surface area contributed by atoms with E-state index in [0.717, 1.165) is 22.3 Å². The number of amides is 2. The molecule has 114 valence electrons. The van der Waals surface area contributed by atoms with Crippen LogP contribution in [0.4, 0.5) is 16.2 Å². The number of nitrogens with one attached hydrogen (secondary N) is 1. The fourth-order valence-electron chi connectivity index (χ4n) is 2.49. The Morgan fingerprint density at radius 2 is 2.36 bits per heavy atom. The minimum atomic E-state index is -0.116. The van der Waals surface area contributed by atoms with E-state index in [0.29, 0.717) is 12.2 Å². The van der Waals surface area contributed by atoms with Crippen molar-refractivity contribution in [1.82, 2.24) is 4.98 Å². The third-order valence-corrected chi connectivity index (χ3v) is 5.34. The van der Waals surface area contributed by atoms with Gasteiger partial charge in [-0.2, -0.15) is 0 Å². The lowest BCUT2D eigenvalue weighted by Gasteiger charge is -2.18. The fraction of sp³-hybridized carbons (Fsp3) is 0.250. The van der Waals surface area contributed by atoms with Crippen LogP contribution >= 0.6 is 27.7 Å². The van der Waals surface area contributed by atoms with Gasteiger partial charge in [0.05, 0.1) is 11.9 Å². The molecule has 0 spiro atoms. The van der Waals surface area contributed by atoms with Gasteiger partial charge in [0.1, 0.15) is 0 Å². The number of halogens is 1. The summed E-state index contributed by atoms with van der Waals surface area (Å²) in [5.41, 5.74) is 2.91. The predicted octanol–water partition coefficient (Wildman–Crippen LogP) is 4.55. The van der Waals surface area contributed by atoms with E-state index < -0.39 is 0 Å². The summed E-state index contributed by atoms with van der Waals surface area (Å²) in [6, 6.07) is 7.75. The minimum absolute atomic E-state index is 0.116. The highest BCUT2D eigenvalue weighted by Gasteiger charge is 2.26. The SMILES string of the molecule is CCSc1cc2c(cc1Br)N(C(=O)Nc1cccnc1)CC2. The number of carbonyl (C=O) groups is 1. The number of fused-ring (bicyclic) bond motifs is 1. The average molecular weight is 378 g/mol. The quantitative estimate of drug-likeness (QED) is 0.797. The Morgan fingerprint density at radius 1 is 1.50 bits per heavy atom. The number of rotatable bonds is 3. The first-order valence-electron chi connectivity index (χ1n) is 7.13. The number of aromatic nitrogens is 1. The summed E-state index contributed by atoms with van der Waals surface area (Å²) in [4.78, 5) is 19.5. The zero-order valence-electron chi connectivity index (χ0n) is 12.2. The summed E-state index contributed by atoms with van der Waals surface area (Å²) < 4.78 is 1.04. The number of urea groups is 1. The highest BCUT2D eigenvalue weighted by Crippen LogP contribution is 2.37. The van der Waals surface area contributed by atoms with Crippen molar-refractivity contribution in [3.63, 3.8) is 0 Å². The number of benzene rings is 1.